The van der Waals surface area contributed by atoms with Crippen LogP contribution in [0.1, 0.15) is 0 Å². The van der Waals surface area contributed by atoms with E-state index >= 15 is 0 Å². The first-order valence-electron chi connectivity index (χ1n) is 10.4. The third-order valence-electron chi connectivity index (χ3n) is 4.56. The van der Waals surface area contributed by atoms with Crippen molar-refractivity contribution in [2.45, 2.75) is 0 Å². The Hall–Kier alpha value is -2.07. The van der Waals surface area contributed by atoms with Gasteiger partial charge in [-0.2, -0.15) is 24.8 Å². The molecule has 0 atom stereocenters. The quantitative estimate of drug-likeness (QED) is 0.177. The molecule has 1 N–H and O–H groups in total. The van der Waals surface area contributed by atoms with Crippen LogP contribution in [-0.4, -0.2) is 17.9 Å². The zero-order chi connectivity index (χ0) is 22.7. The van der Waals surface area contributed by atoms with Crippen LogP contribution in [0, 0.1) is 62.0 Å². The van der Waals surface area contributed by atoms with Crippen LogP contribution >= 0.6 is 7.26 Å². The zero-order valence-corrected chi connectivity index (χ0v) is 23.9. The fraction of sp³-hybridized carbons (Fsp3) is 0.0667. The average molecular weight is 674 g/mol. The summed E-state index contributed by atoms with van der Waals surface area (Å²) in [6.07, 6.45) is 0.723. The van der Waals surface area contributed by atoms with E-state index in [0.29, 0.717) is 0 Å². The monoisotopic (exact) mass is 673 g/mol. The molecular weight excluding hydrogens is 645 g/mol. The first-order chi connectivity index (χ1) is 15.8. The summed E-state index contributed by atoms with van der Waals surface area (Å²) in [6, 6.07) is 52.9. The van der Waals surface area contributed by atoms with Crippen LogP contribution in [0.3, 0.4) is 0 Å². The molecule has 0 spiro atoms. The summed E-state index contributed by atoms with van der Waals surface area (Å²) < 4.78 is 0. The normalized spacial score (nSPS) is 9.52. The van der Waals surface area contributed by atoms with E-state index in [0.717, 1.165) is 6.16 Å². The van der Waals surface area contributed by atoms with Crippen molar-refractivity contribution in [2.24, 2.45) is 0 Å². The summed E-state index contributed by atoms with van der Waals surface area (Å²) in [6.45, 7) is 3.57. The van der Waals surface area contributed by atoms with Crippen molar-refractivity contribution in [2.75, 3.05) is 12.8 Å². The minimum Gasteiger partial charge on any atom is -0.999 e. The van der Waals surface area contributed by atoms with Gasteiger partial charge in [0.2, 0.25) is 0 Å². The number of aliphatic hydroxyl groups excluding tert-OH is 1. The molecule has 3 heteroatoms. The number of benzene rings is 2. The third kappa shape index (κ3) is 11.6. The second-order valence-electron chi connectivity index (χ2n) is 6.84. The second kappa shape index (κ2) is 18.4. The Balaban J connectivity index is 0.000000274. The van der Waals surface area contributed by atoms with E-state index < -0.39 is 7.26 Å². The molecule has 5 aromatic carbocycles. The van der Waals surface area contributed by atoms with E-state index in [4.69, 9.17) is 0 Å². The van der Waals surface area contributed by atoms with E-state index in [-0.39, 0.29) is 31.1 Å². The molecule has 0 saturated heterocycles. The molecule has 0 amide bonds. The van der Waals surface area contributed by atoms with E-state index in [1.807, 2.05) is 72.8 Å². The molecule has 0 saturated carbocycles. The topological polar surface area (TPSA) is 20.2 Å². The molecule has 5 rings (SSSR count). The standard InChI is InChI=1S/C15H17OP.2C5H5.C5H.U/c1-17(13-12-16,14-8-4-2-5-9-14)15-10-6-3-7-11-15;3*1-2-4-5-3-1;/h2-12,16H,13H2,1H3;2*1-5H;1H;/q;-5;-1;-5;. The Labute approximate surface area is 223 Å². The van der Waals surface area contributed by atoms with Crippen molar-refractivity contribution in [1.29, 1.82) is 0 Å². The maximum atomic E-state index is 9.23. The Morgan fingerprint density at radius 2 is 1.15 bits per heavy atom. The smallest absolute Gasteiger partial charge is 0.0962 e. The molecule has 0 bridgehead atoms. The SMILES string of the molecule is C[P+](C[CH-]O)(c1ccccc1)c1ccccc1.[U].[c-]1[c-][c-][cH-][c-]1.[cH-]1[cH-][cH-][cH-][cH-]1.c1cc[cH-]c1. The van der Waals surface area contributed by atoms with Crippen molar-refractivity contribution in [3.05, 3.63) is 158 Å². The minimum absolute atomic E-state index is 0. The van der Waals surface area contributed by atoms with Crippen LogP contribution in [-0.2, 0) is 0 Å². The van der Waals surface area contributed by atoms with Crippen LogP contribution < -0.4 is 10.6 Å². The molecular formula is C30H28OPU-11. The van der Waals surface area contributed by atoms with Crippen LogP contribution in [0.5, 0.6) is 0 Å². The number of rotatable bonds is 4. The van der Waals surface area contributed by atoms with Gasteiger partial charge in [-0.15, -0.1) is 0 Å². The van der Waals surface area contributed by atoms with Gasteiger partial charge in [0.05, 0.1) is 17.3 Å². The van der Waals surface area contributed by atoms with Gasteiger partial charge in [-0.1, -0.05) is 36.4 Å². The predicted octanol–water partition coefficient (Wildman–Crippen LogP) is 6.24. The summed E-state index contributed by atoms with van der Waals surface area (Å²) in [5.74, 6) is 0. The molecule has 0 heterocycles. The molecule has 5 aromatic rings. The van der Waals surface area contributed by atoms with Gasteiger partial charge < -0.3 is 65.8 Å². The van der Waals surface area contributed by atoms with Gasteiger partial charge in [0.25, 0.3) is 0 Å². The molecule has 0 aliphatic rings. The van der Waals surface area contributed by atoms with Gasteiger partial charge in [-0.25, -0.2) is 12.1 Å². The van der Waals surface area contributed by atoms with E-state index in [1.54, 1.807) is 6.07 Å². The Kier molecular flexibility index (Phi) is 16.1. The molecule has 0 unspecified atom stereocenters. The molecule has 0 aliphatic carbocycles. The van der Waals surface area contributed by atoms with Gasteiger partial charge in [-0.05, 0) is 30.4 Å². The van der Waals surface area contributed by atoms with Crippen molar-refractivity contribution in [1.82, 2.24) is 0 Å². The maximum absolute atomic E-state index is 9.23. The van der Waals surface area contributed by atoms with Gasteiger partial charge in [0.1, 0.15) is 0 Å². The molecule has 0 aliphatic heterocycles. The predicted molar refractivity (Wildman–Crippen MR) is 138 cm³/mol. The Morgan fingerprint density at radius 1 is 0.727 bits per heavy atom. The van der Waals surface area contributed by atoms with Gasteiger partial charge >= 0.3 is 0 Å². The summed E-state index contributed by atoms with van der Waals surface area (Å²) in [5, 5.41) is 11.9. The summed E-state index contributed by atoms with van der Waals surface area (Å²) in [4.78, 5) is 0. The fourth-order valence-electron chi connectivity index (χ4n) is 2.86. The molecule has 174 valence electrons. The first kappa shape index (κ1) is 29.0. The summed E-state index contributed by atoms with van der Waals surface area (Å²) in [5.41, 5.74) is 0. The molecule has 0 fully saturated rings. The van der Waals surface area contributed by atoms with Gasteiger partial charge in [0.15, 0.2) is 0 Å². The largest absolute Gasteiger partial charge is 0.999 e. The number of hydrogen-bond acceptors (Lipinski definition) is 1. The van der Waals surface area contributed by atoms with Crippen LogP contribution in [0.2, 0.25) is 0 Å². The number of aliphatic hydroxyl groups is 1. The Morgan fingerprint density at radius 3 is 1.42 bits per heavy atom. The fourth-order valence-corrected chi connectivity index (χ4v) is 5.57. The van der Waals surface area contributed by atoms with Crippen LogP contribution in [0.25, 0.3) is 0 Å². The average Bonchev–Trinajstić information content (AvgIpc) is 3.68. The molecule has 1 nitrogen and oxygen atoms in total. The molecule has 0 aromatic heterocycles. The molecule has 0 radical (unpaired) electrons. The number of hydrogen-bond donors (Lipinski definition) is 1. The van der Waals surface area contributed by atoms with Crippen molar-refractivity contribution >= 4 is 17.9 Å². The second-order valence-corrected chi connectivity index (χ2v) is 10.6. The minimum atomic E-state index is -1.48. The maximum Gasteiger partial charge on any atom is 0.0962 e. The summed E-state index contributed by atoms with van der Waals surface area (Å²) >= 11 is 0. The van der Waals surface area contributed by atoms with Crippen LogP contribution in [0.15, 0.2) is 127 Å². The Bertz CT molecular complexity index is 823. The van der Waals surface area contributed by atoms with E-state index in [1.165, 1.54) is 17.2 Å². The molecule has 33 heavy (non-hydrogen) atoms. The third-order valence-corrected chi connectivity index (χ3v) is 8.33. The van der Waals surface area contributed by atoms with Gasteiger partial charge in [0, 0.05) is 38.4 Å². The van der Waals surface area contributed by atoms with E-state index in [9.17, 15) is 5.11 Å². The van der Waals surface area contributed by atoms with E-state index in [2.05, 4.69) is 79.5 Å². The van der Waals surface area contributed by atoms with Crippen molar-refractivity contribution in [3.8, 4) is 0 Å². The van der Waals surface area contributed by atoms with Gasteiger partial charge in [-0.3, -0.25) is 0 Å². The summed E-state index contributed by atoms with van der Waals surface area (Å²) in [7, 11) is -1.48. The van der Waals surface area contributed by atoms with Crippen LogP contribution in [0.4, 0.5) is 0 Å². The van der Waals surface area contributed by atoms with Crippen molar-refractivity contribution in [3.63, 3.8) is 0 Å². The first-order valence-corrected chi connectivity index (χ1v) is 12.8. The zero-order valence-electron chi connectivity index (χ0n) is 18.8. The van der Waals surface area contributed by atoms with Crippen molar-refractivity contribution < 1.29 is 36.2 Å².